The van der Waals surface area contributed by atoms with Crippen LogP contribution in [0.3, 0.4) is 0 Å². The van der Waals surface area contributed by atoms with Crippen LogP contribution in [0.4, 0.5) is 10.5 Å². The molecule has 1 atom stereocenters. The minimum absolute atomic E-state index is 0.136. The third-order valence-corrected chi connectivity index (χ3v) is 6.07. The summed E-state index contributed by atoms with van der Waals surface area (Å²) in [5, 5.41) is 5.71. The van der Waals surface area contributed by atoms with E-state index in [1.807, 2.05) is 12.1 Å². The van der Waals surface area contributed by atoms with Gasteiger partial charge in [0.1, 0.15) is 17.9 Å². The van der Waals surface area contributed by atoms with E-state index >= 15 is 0 Å². The molecular weight excluding hydrogens is 386 g/mol. The molecule has 1 saturated carbocycles. The lowest BCUT2D eigenvalue weighted by atomic mass is 9.98. The SMILES string of the molecule is O=C(CCCN1C(=O)NC2(CCCC2)C1=O)Nc1cccc(OC[C@@H]2CCCO2)c1. The van der Waals surface area contributed by atoms with Gasteiger partial charge in [0.15, 0.2) is 0 Å². The Morgan fingerprint density at radius 2 is 2.10 bits per heavy atom. The van der Waals surface area contributed by atoms with Crippen LogP contribution < -0.4 is 15.4 Å². The van der Waals surface area contributed by atoms with Crippen molar-refractivity contribution in [3.8, 4) is 5.75 Å². The Labute approximate surface area is 176 Å². The molecule has 2 N–H and O–H groups in total. The average molecular weight is 415 g/mol. The number of urea groups is 1. The second-order valence-electron chi connectivity index (χ2n) is 8.30. The smallest absolute Gasteiger partial charge is 0.325 e. The van der Waals surface area contributed by atoms with E-state index in [0.717, 1.165) is 32.3 Å². The summed E-state index contributed by atoms with van der Waals surface area (Å²) in [4.78, 5) is 38.4. The third-order valence-electron chi connectivity index (χ3n) is 6.07. The molecule has 1 aliphatic carbocycles. The Morgan fingerprint density at radius 1 is 1.27 bits per heavy atom. The first kappa shape index (κ1) is 20.7. The summed E-state index contributed by atoms with van der Waals surface area (Å²) >= 11 is 0. The number of hydrogen-bond donors (Lipinski definition) is 2. The lowest BCUT2D eigenvalue weighted by Crippen LogP contribution is -2.44. The number of amides is 4. The van der Waals surface area contributed by atoms with Crippen LogP contribution >= 0.6 is 0 Å². The summed E-state index contributed by atoms with van der Waals surface area (Å²) in [7, 11) is 0. The molecule has 8 heteroatoms. The molecule has 0 aromatic heterocycles. The van der Waals surface area contributed by atoms with E-state index in [2.05, 4.69) is 10.6 Å². The molecule has 2 aliphatic heterocycles. The Kier molecular flexibility index (Phi) is 6.22. The van der Waals surface area contributed by atoms with Crippen molar-refractivity contribution in [3.05, 3.63) is 24.3 Å². The number of carbonyl (C=O) groups excluding carboxylic acids is 3. The maximum absolute atomic E-state index is 12.6. The quantitative estimate of drug-likeness (QED) is 0.637. The number of benzene rings is 1. The first-order valence-electron chi connectivity index (χ1n) is 10.8. The standard InChI is InChI=1S/C22H29N3O5/c26-19(9-4-12-25-20(27)22(24-21(25)28)10-1-2-11-22)23-16-6-3-7-17(14-16)30-15-18-8-5-13-29-18/h3,6-7,14,18H,1-2,4-5,8-13,15H2,(H,23,26)(H,24,28)/t18-/m0/s1. The van der Waals surface area contributed by atoms with Gasteiger partial charge in [-0.25, -0.2) is 4.79 Å². The van der Waals surface area contributed by atoms with Crippen molar-refractivity contribution in [2.45, 2.75) is 63.0 Å². The van der Waals surface area contributed by atoms with Crippen LogP contribution in [0, 0.1) is 0 Å². The van der Waals surface area contributed by atoms with Crippen molar-refractivity contribution in [3.63, 3.8) is 0 Å². The summed E-state index contributed by atoms with van der Waals surface area (Å²) in [5.74, 6) is 0.389. The van der Waals surface area contributed by atoms with E-state index in [9.17, 15) is 14.4 Å². The third kappa shape index (κ3) is 4.59. The number of nitrogens with zero attached hydrogens (tertiary/aromatic N) is 1. The molecule has 0 unspecified atom stereocenters. The van der Waals surface area contributed by atoms with Gasteiger partial charge in [0.2, 0.25) is 5.91 Å². The van der Waals surface area contributed by atoms with Gasteiger partial charge in [-0.2, -0.15) is 0 Å². The second kappa shape index (κ2) is 9.04. The fourth-order valence-electron chi connectivity index (χ4n) is 4.45. The minimum atomic E-state index is -0.691. The van der Waals surface area contributed by atoms with Gasteiger partial charge >= 0.3 is 6.03 Å². The number of ether oxygens (including phenoxy) is 2. The van der Waals surface area contributed by atoms with Gasteiger partial charge in [0.05, 0.1) is 6.10 Å². The Bertz CT molecular complexity index is 800. The highest BCUT2D eigenvalue weighted by molar-refractivity contribution is 6.07. The van der Waals surface area contributed by atoms with Crippen molar-refractivity contribution in [1.82, 2.24) is 10.2 Å². The second-order valence-corrected chi connectivity index (χ2v) is 8.30. The first-order chi connectivity index (χ1) is 14.6. The zero-order valence-electron chi connectivity index (χ0n) is 17.2. The monoisotopic (exact) mass is 415 g/mol. The van der Waals surface area contributed by atoms with Crippen LogP contribution in [-0.2, 0) is 14.3 Å². The molecule has 0 radical (unpaired) electrons. The highest BCUT2D eigenvalue weighted by Gasteiger charge is 2.52. The molecule has 1 spiro atoms. The van der Waals surface area contributed by atoms with E-state index < -0.39 is 5.54 Å². The van der Waals surface area contributed by atoms with Crippen LogP contribution in [0.1, 0.15) is 51.4 Å². The van der Waals surface area contributed by atoms with E-state index in [1.54, 1.807) is 12.1 Å². The van der Waals surface area contributed by atoms with Gasteiger partial charge in [0.25, 0.3) is 5.91 Å². The molecule has 1 aromatic rings. The van der Waals surface area contributed by atoms with Gasteiger partial charge in [-0.1, -0.05) is 18.9 Å². The molecule has 30 heavy (non-hydrogen) atoms. The van der Waals surface area contributed by atoms with E-state index in [-0.39, 0.29) is 36.9 Å². The molecule has 1 aromatic carbocycles. The maximum Gasteiger partial charge on any atom is 0.325 e. The van der Waals surface area contributed by atoms with Crippen LogP contribution in [-0.4, -0.2) is 54.1 Å². The zero-order valence-corrected chi connectivity index (χ0v) is 17.2. The molecule has 0 bridgehead atoms. The van der Waals surface area contributed by atoms with Crippen molar-refractivity contribution in [1.29, 1.82) is 0 Å². The molecule has 8 nitrogen and oxygen atoms in total. The summed E-state index contributed by atoms with van der Waals surface area (Å²) in [5.41, 5.74) is -0.0340. The summed E-state index contributed by atoms with van der Waals surface area (Å²) in [6.07, 6.45) is 6.20. The van der Waals surface area contributed by atoms with Crippen LogP contribution in [0.25, 0.3) is 0 Å². The van der Waals surface area contributed by atoms with Gasteiger partial charge in [-0.05, 0) is 44.2 Å². The predicted octanol–water partition coefficient (Wildman–Crippen LogP) is 2.83. The largest absolute Gasteiger partial charge is 0.491 e. The van der Waals surface area contributed by atoms with Gasteiger partial charge in [0, 0.05) is 31.3 Å². The minimum Gasteiger partial charge on any atom is -0.491 e. The van der Waals surface area contributed by atoms with Gasteiger partial charge in [-0.15, -0.1) is 0 Å². The van der Waals surface area contributed by atoms with E-state index in [4.69, 9.17) is 9.47 Å². The summed E-state index contributed by atoms with van der Waals surface area (Å²) in [6.45, 7) is 1.55. The average Bonchev–Trinajstić information content (AvgIpc) is 3.46. The van der Waals surface area contributed by atoms with Crippen molar-refractivity contribution in [2.24, 2.45) is 0 Å². The Balaban J connectivity index is 1.22. The fourth-order valence-corrected chi connectivity index (χ4v) is 4.45. The van der Waals surface area contributed by atoms with Crippen LogP contribution in [0.5, 0.6) is 5.75 Å². The van der Waals surface area contributed by atoms with Crippen molar-refractivity contribution < 1.29 is 23.9 Å². The topological polar surface area (TPSA) is 97.0 Å². The van der Waals surface area contributed by atoms with Gasteiger partial charge in [-0.3, -0.25) is 14.5 Å². The Morgan fingerprint density at radius 3 is 2.87 bits per heavy atom. The van der Waals surface area contributed by atoms with Crippen LogP contribution in [0.15, 0.2) is 24.3 Å². The van der Waals surface area contributed by atoms with Crippen molar-refractivity contribution >= 4 is 23.5 Å². The fraction of sp³-hybridized carbons (Fsp3) is 0.591. The first-order valence-corrected chi connectivity index (χ1v) is 10.8. The lowest BCUT2D eigenvalue weighted by molar-refractivity contribution is -0.131. The van der Waals surface area contributed by atoms with Gasteiger partial charge < -0.3 is 20.1 Å². The number of hydrogen-bond acceptors (Lipinski definition) is 5. The predicted molar refractivity (Wildman–Crippen MR) is 110 cm³/mol. The van der Waals surface area contributed by atoms with Crippen LogP contribution in [0.2, 0.25) is 0 Å². The number of carbonyl (C=O) groups is 3. The number of anilines is 1. The molecular formula is C22H29N3O5. The van der Waals surface area contributed by atoms with E-state index in [0.29, 0.717) is 37.3 Å². The molecule has 2 saturated heterocycles. The lowest BCUT2D eigenvalue weighted by Gasteiger charge is -2.19. The highest BCUT2D eigenvalue weighted by atomic mass is 16.5. The number of rotatable bonds is 8. The zero-order chi connectivity index (χ0) is 21.0. The Hall–Kier alpha value is -2.61. The van der Waals surface area contributed by atoms with Crippen molar-refractivity contribution in [2.75, 3.05) is 25.1 Å². The molecule has 4 rings (SSSR count). The normalized spacial score (nSPS) is 22.5. The highest BCUT2D eigenvalue weighted by Crippen LogP contribution is 2.35. The molecule has 162 valence electrons. The molecule has 3 fully saturated rings. The number of imide groups is 1. The molecule has 2 heterocycles. The number of nitrogens with one attached hydrogen (secondary N) is 2. The van der Waals surface area contributed by atoms with E-state index in [1.165, 1.54) is 4.90 Å². The molecule has 3 aliphatic rings. The molecule has 4 amide bonds. The summed E-state index contributed by atoms with van der Waals surface area (Å²) < 4.78 is 11.3. The maximum atomic E-state index is 12.6. The summed E-state index contributed by atoms with van der Waals surface area (Å²) in [6, 6.07) is 6.93.